The number of rotatable bonds is 4. The van der Waals surface area contributed by atoms with E-state index in [-0.39, 0.29) is 10.8 Å². The van der Waals surface area contributed by atoms with Gasteiger partial charge < -0.3 is 9.08 Å². The average molecular weight is 357 g/mol. The van der Waals surface area contributed by atoms with Crippen LogP contribution in [-0.4, -0.2) is 20.9 Å². The molecule has 0 saturated carbocycles. The Balaban J connectivity index is 1.54. The number of aryl methyl sites for hydroxylation is 2. The zero-order chi connectivity index (χ0) is 17.4. The molecular formula is C19H19NO4S. The predicted octanol–water partition coefficient (Wildman–Crippen LogP) is 3.07. The molecule has 0 N–H and O–H groups in total. The van der Waals surface area contributed by atoms with Crippen LogP contribution >= 0.6 is 0 Å². The van der Waals surface area contributed by atoms with Crippen LogP contribution in [0.2, 0.25) is 0 Å². The van der Waals surface area contributed by atoms with Crippen molar-refractivity contribution in [1.82, 2.24) is 0 Å². The molecule has 1 saturated heterocycles. The molecule has 0 bridgehead atoms. The van der Waals surface area contributed by atoms with Gasteiger partial charge >= 0.3 is 10.1 Å². The normalized spacial score (nSPS) is 17.0. The SMILES string of the molecule is O=C1CCCN1c1ccc(S(=O)(=O)Oc2ccc3c(c2)CCC3)cc1. The summed E-state index contributed by atoms with van der Waals surface area (Å²) < 4.78 is 30.3. The van der Waals surface area contributed by atoms with Crippen molar-refractivity contribution in [3.63, 3.8) is 0 Å². The van der Waals surface area contributed by atoms with Gasteiger partial charge in [0.05, 0.1) is 0 Å². The Morgan fingerprint density at radius 3 is 2.36 bits per heavy atom. The van der Waals surface area contributed by atoms with Crippen molar-refractivity contribution < 1.29 is 17.4 Å². The summed E-state index contributed by atoms with van der Waals surface area (Å²) in [5.74, 6) is 0.421. The van der Waals surface area contributed by atoms with E-state index in [2.05, 4.69) is 0 Å². The molecule has 5 nitrogen and oxygen atoms in total. The summed E-state index contributed by atoms with van der Waals surface area (Å²) >= 11 is 0. The van der Waals surface area contributed by atoms with Crippen LogP contribution in [0.1, 0.15) is 30.4 Å². The average Bonchev–Trinajstić information content (AvgIpc) is 3.23. The van der Waals surface area contributed by atoms with Gasteiger partial charge in [0.15, 0.2) is 0 Å². The fraction of sp³-hybridized carbons (Fsp3) is 0.316. The van der Waals surface area contributed by atoms with E-state index in [9.17, 15) is 13.2 Å². The Hall–Kier alpha value is -2.34. The highest BCUT2D eigenvalue weighted by atomic mass is 32.2. The van der Waals surface area contributed by atoms with Gasteiger partial charge in [-0.05, 0) is 73.2 Å². The van der Waals surface area contributed by atoms with E-state index in [0.29, 0.717) is 18.7 Å². The maximum absolute atomic E-state index is 12.5. The number of hydrogen-bond donors (Lipinski definition) is 0. The summed E-state index contributed by atoms with van der Waals surface area (Å²) in [6.45, 7) is 0.677. The van der Waals surface area contributed by atoms with E-state index < -0.39 is 10.1 Å². The molecule has 1 aliphatic carbocycles. The maximum Gasteiger partial charge on any atom is 0.339 e. The third-order valence-corrected chi connectivity index (χ3v) is 6.05. The zero-order valence-corrected chi connectivity index (χ0v) is 14.6. The molecular weight excluding hydrogens is 338 g/mol. The smallest absolute Gasteiger partial charge is 0.339 e. The lowest BCUT2D eigenvalue weighted by Gasteiger charge is -2.16. The molecule has 25 heavy (non-hydrogen) atoms. The van der Waals surface area contributed by atoms with Crippen molar-refractivity contribution >= 4 is 21.7 Å². The maximum atomic E-state index is 12.5. The Labute approximate surface area is 147 Å². The van der Waals surface area contributed by atoms with Crippen LogP contribution in [0.3, 0.4) is 0 Å². The number of benzene rings is 2. The first kappa shape index (κ1) is 16.1. The van der Waals surface area contributed by atoms with E-state index in [4.69, 9.17) is 4.18 Å². The lowest BCUT2D eigenvalue weighted by Crippen LogP contribution is -2.23. The fourth-order valence-corrected chi connectivity index (χ4v) is 4.41. The second-order valence-electron chi connectivity index (χ2n) is 6.46. The predicted molar refractivity (Wildman–Crippen MR) is 94.3 cm³/mol. The van der Waals surface area contributed by atoms with Crippen LogP contribution in [0.5, 0.6) is 5.75 Å². The van der Waals surface area contributed by atoms with E-state index in [1.165, 1.54) is 17.7 Å². The summed E-state index contributed by atoms with van der Waals surface area (Å²) in [6.07, 6.45) is 4.48. The van der Waals surface area contributed by atoms with E-state index >= 15 is 0 Å². The number of hydrogen-bond acceptors (Lipinski definition) is 4. The Morgan fingerprint density at radius 2 is 1.64 bits per heavy atom. The zero-order valence-electron chi connectivity index (χ0n) is 13.8. The van der Waals surface area contributed by atoms with Gasteiger partial charge in [0, 0.05) is 18.7 Å². The van der Waals surface area contributed by atoms with E-state index in [1.54, 1.807) is 23.1 Å². The van der Waals surface area contributed by atoms with Crippen LogP contribution in [0.15, 0.2) is 47.4 Å². The van der Waals surface area contributed by atoms with Crippen molar-refractivity contribution in [1.29, 1.82) is 0 Å². The third kappa shape index (κ3) is 3.14. The van der Waals surface area contributed by atoms with Crippen LogP contribution in [-0.2, 0) is 27.8 Å². The molecule has 1 aliphatic heterocycles. The molecule has 2 aromatic rings. The highest BCUT2D eigenvalue weighted by molar-refractivity contribution is 7.87. The molecule has 0 unspecified atom stereocenters. The van der Waals surface area contributed by atoms with Crippen molar-refractivity contribution in [2.24, 2.45) is 0 Å². The summed E-state index contributed by atoms with van der Waals surface area (Å²) in [7, 11) is -3.89. The van der Waals surface area contributed by atoms with Crippen molar-refractivity contribution in [3.8, 4) is 5.75 Å². The summed E-state index contributed by atoms with van der Waals surface area (Å²) in [6, 6.07) is 11.8. The minimum absolute atomic E-state index is 0.0741. The Bertz CT molecular complexity index is 919. The molecule has 4 rings (SSSR count). The molecule has 1 fully saturated rings. The second-order valence-corrected chi connectivity index (χ2v) is 8.01. The molecule has 0 radical (unpaired) electrons. The van der Waals surface area contributed by atoms with Crippen molar-refractivity contribution in [3.05, 3.63) is 53.6 Å². The number of fused-ring (bicyclic) bond motifs is 1. The van der Waals surface area contributed by atoms with Gasteiger partial charge in [0.1, 0.15) is 10.6 Å². The summed E-state index contributed by atoms with van der Waals surface area (Å²) in [5.41, 5.74) is 3.15. The lowest BCUT2D eigenvalue weighted by molar-refractivity contribution is -0.117. The minimum Gasteiger partial charge on any atom is -0.379 e. The molecule has 0 spiro atoms. The number of amides is 1. The van der Waals surface area contributed by atoms with Gasteiger partial charge in [0.25, 0.3) is 0 Å². The lowest BCUT2D eigenvalue weighted by atomic mass is 10.1. The Morgan fingerprint density at radius 1 is 0.880 bits per heavy atom. The monoisotopic (exact) mass is 357 g/mol. The number of anilines is 1. The molecule has 1 amide bonds. The van der Waals surface area contributed by atoms with Crippen LogP contribution in [0, 0.1) is 0 Å². The highest BCUT2D eigenvalue weighted by Gasteiger charge is 2.23. The van der Waals surface area contributed by atoms with Gasteiger partial charge in [-0.1, -0.05) is 6.07 Å². The first-order valence-corrected chi connectivity index (χ1v) is 9.90. The fourth-order valence-electron chi connectivity index (χ4n) is 3.49. The van der Waals surface area contributed by atoms with Crippen molar-refractivity contribution in [2.75, 3.05) is 11.4 Å². The Kier molecular flexibility index (Phi) is 4.00. The molecule has 2 aliphatic rings. The van der Waals surface area contributed by atoms with Crippen molar-refractivity contribution in [2.45, 2.75) is 37.0 Å². The molecule has 2 aromatic carbocycles. The first-order valence-electron chi connectivity index (χ1n) is 8.50. The first-order chi connectivity index (χ1) is 12.0. The molecule has 1 heterocycles. The molecule has 0 aromatic heterocycles. The standard InChI is InChI=1S/C19H19NO4S/c21-19-5-2-12-20(19)16-7-10-18(11-8-16)25(22,23)24-17-9-6-14-3-1-4-15(14)13-17/h6-11,13H,1-5,12H2. The number of carbonyl (C=O) groups excluding carboxylic acids is 1. The van der Waals surface area contributed by atoms with Crippen LogP contribution < -0.4 is 9.08 Å². The van der Waals surface area contributed by atoms with Gasteiger partial charge in [-0.15, -0.1) is 0 Å². The third-order valence-electron chi connectivity index (χ3n) is 4.79. The highest BCUT2D eigenvalue weighted by Crippen LogP contribution is 2.28. The minimum atomic E-state index is -3.89. The van der Waals surface area contributed by atoms with Crippen LogP contribution in [0.4, 0.5) is 5.69 Å². The number of nitrogens with zero attached hydrogens (tertiary/aromatic N) is 1. The van der Waals surface area contributed by atoms with Gasteiger partial charge in [-0.2, -0.15) is 8.42 Å². The second kappa shape index (κ2) is 6.19. The van der Waals surface area contributed by atoms with Gasteiger partial charge in [-0.25, -0.2) is 0 Å². The van der Waals surface area contributed by atoms with Crippen LogP contribution in [0.25, 0.3) is 0 Å². The quantitative estimate of drug-likeness (QED) is 0.789. The number of carbonyl (C=O) groups is 1. The molecule has 6 heteroatoms. The molecule has 130 valence electrons. The topological polar surface area (TPSA) is 63.7 Å². The van der Waals surface area contributed by atoms with Gasteiger partial charge in [-0.3, -0.25) is 4.79 Å². The summed E-state index contributed by atoms with van der Waals surface area (Å²) in [5, 5.41) is 0. The van der Waals surface area contributed by atoms with Gasteiger partial charge in [0.2, 0.25) is 5.91 Å². The van der Waals surface area contributed by atoms with E-state index in [1.807, 2.05) is 12.1 Å². The summed E-state index contributed by atoms with van der Waals surface area (Å²) in [4.78, 5) is 13.5. The molecule has 0 atom stereocenters. The largest absolute Gasteiger partial charge is 0.379 e. The van der Waals surface area contributed by atoms with E-state index in [0.717, 1.165) is 36.9 Å².